The summed E-state index contributed by atoms with van der Waals surface area (Å²) in [7, 11) is 0. The van der Waals surface area contributed by atoms with E-state index < -0.39 is 59.8 Å². The number of ether oxygens (including phenoxy) is 3. The van der Waals surface area contributed by atoms with Gasteiger partial charge in [-0.2, -0.15) is 10.4 Å². The van der Waals surface area contributed by atoms with Crippen molar-refractivity contribution in [3.05, 3.63) is 24.2 Å². The number of carbonyl (C=O) groups excluding carboxylic acids is 3. The van der Waals surface area contributed by atoms with Gasteiger partial charge in [0.15, 0.2) is 11.9 Å². The Kier molecular flexibility index (Phi) is 8.84. The largest absolute Gasteiger partial charge is 0.461 e. The zero-order chi connectivity index (χ0) is 29.9. The molecule has 1 amide bonds. The molecular formula is C28H38N6O7. The van der Waals surface area contributed by atoms with Crippen molar-refractivity contribution in [1.29, 1.82) is 5.26 Å². The van der Waals surface area contributed by atoms with Crippen molar-refractivity contribution in [2.45, 2.75) is 96.2 Å². The van der Waals surface area contributed by atoms with Crippen LogP contribution in [0.15, 0.2) is 18.5 Å². The monoisotopic (exact) mass is 570 g/mol. The molecule has 4 N–H and O–H groups in total. The normalized spacial score (nSPS) is 25.8. The zero-order valence-corrected chi connectivity index (χ0v) is 23.8. The summed E-state index contributed by atoms with van der Waals surface area (Å²) < 4.78 is 18.8. The number of anilines is 1. The van der Waals surface area contributed by atoms with E-state index in [1.54, 1.807) is 26.8 Å². The Balaban J connectivity index is 1.62. The minimum atomic E-state index is -2.04. The molecule has 0 bridgehead atoms. The first-order valence-electron chi connectivity index (χ1n) is 13.9. The van der Waals surface area contributed by atoms with Crippen LogP contribution in [0.5, 0.6) is 0 Å². The summed E-state index contributed by atoms with van der Waals surface area (Å²) in [6.07, 6.45) is 2.21. The van der Waals surface area contributed by atoms with Gasteiger partial charge in [0.25, 0.3) is 0 Å². The molecule has 2 aromatic heterocycles. The third-order valence-corrected chi connectivity index (χ3v) is 7.75. The molecule has 1 aliphatic carbocycles. The first-order valence-corrected chi connectivity index (χ1v) is 13.9. The van der Waals surface area contributed by atoms with Crippen LogP contribution < -0.4 is 11.1 Å². The van der Waals surface area contributed by atoms with Gasteiger partial charge in [-0.05, 0) is 36.3 Å². The fourth-order valence-electron chi connectivity index (χ4n) is 5.58. The second kappa shape index (κ2) is 12.0. The van der Waals surface area contributed by atoms with Crippen molar-refractivity contribution in [2.75, 3.05) is 12.3 Å². The average Bonchev–Trinajstić information content (AvgIpc) is 3.46. The number of aliphatic hydroxyl groups excluding tert-OH is 1. The smallest absolute Gasteiger partial charge is 0.329 e. The van der Waals surface area contributed by atoms with E-state index in [0.29, 0.717) is 5.52 Å². The number of hydrogen-bond acceptors (Lipinski definition) is 11. The molecule has 1 aliphatic heterocycles. The van der Waals surface area contributed by atoms with Crippen molar-refractivity contribution in [2.24, 2.45) is 11.3 Å². The second-order valence-corrected chi connectivity index (χ2v) is 11.9. The first kappa shape index (κ1) is 30.2. The number of nitrogen functional groups attached to an aromatic ring is 1. The molecule has 13 heteroatoms. The number of aliphatic hydroxyl groups is 1. The van der Waals surface area contributed by atoms with Crippen LogP contribution in [-0.2, 0) is 34.2 Å². The average molecular weight is 571 g/mol. The third kappa shape index (κ3) is 6.28. The molecule has 2 fully saturated rings. The van der Waals surface area contributed by atoms with E-state index in [2.05, 4.69) is 15.4 Å². The highest BCUT2D eigenvalue weighted by Crippen LogP contribution is 2.42. The topological polar surface area (TPSA) is 191 Å². The maximum absolute atomic E-state index is 13.1. The number of hydrogen-bond donors (Lipinski definition) is 3. The molecule has 41 heavy (non-hydrogen) atoms. The van der Waals surface area contributed by atoms with Crippen LogP contribution in [0.2, 0.25) is 0 Å². The van der Waals surface area contributed by atoms with Gasteiger partial charge >= 0.3 is 11.9 Å². The molecule has 2 aliphatic rings. The van der Waals surface area contributed by atoms with Gasteiger partial charge in [0.1, 0.15) is 42.8 Å². The quantitative estimate of drug-likeness (QED) is 0.392. The summed E-state index contributed by atoms with van der Waals surface area (Å²) >= 11 is 0. The molecule has 1 saturated heterocycles. The van der Waals surface area contributed by atoms with Crippen LogP contribution in [0, 0.1) is 22.7 Å². The molecule has 3 heterocycles. The van der Waals surface area contributed by atoms with Crippen molar-refractivity contribution in [3.8, 4) is 6.07 Å². The van der Waals surface area contributed by atoms with Gasteiger partial charge < -0.3 is 30.4 Å². The summed E-state index contributed by atoms with van der Waals surface area (Å²) in [6, 6.07) is 4.16. The summed E-state index contributed by atoms with van der Waals surface area (Å²) in [5.41, 5.74) is 3.77. The third-order valence-electron chi connectivity index (χ3n) is 7.75. The predicted molar refractivity (Wildman–Crippen MR) is 145 cm³/mol. The van der Waals surface area contributed by atoms with Crippen LogP contribution in [-0.4, -0.2) is 68.5 Å². The second-order valence-electron chi connectivity index (χ2n) is 11.9. The standard InChI is InChI=1S/C28H38N6O7/c1-16(35)33-23(27(2,3)4)26(38)39-13-19-22(40-21(36)12-17-8-6-5-7-9-17)24(37)28(14-29,41-19)20-11-10-18-25(30)31-15-32-34(18)20/h10-11,15,17,19,22-24,37H,5-9,12-13H2,1-4H3,(H,33,35)(H2,30,31,32)/t19-,22-,23?,24-,28+/m1/s1. The lowest BCUT2D eigenvalue weighted by molar-refractivity contribution is -0.163. The number of carbonyl (C=O) groups is 3. The van der Waals surface area contributed by atoms with Crippen LogP contribution >= 0.6 is 0 Å². The first-order chi connectivity index (χ1) is 19.4. The Labute approximate surface area is 238 Å². The van der Waals surface area contributed by atoms with E-state index >= 15 is 0 Å². The van der Waals surface area contributed by atoms with Crippen LogP contribution in [0.3, 0.4) is 0 Å². The number of aromatic nitrogens is 3. The lowest BCUT2D eigenvalue weighted by Gasteiger charge is -2.30. The number of fused-ring (bicyclic) bond motifs is 1. The number of nitrogens with one attached hydrogen (secondary N) is 1. The molecule has 0 spiro atoms. The number of nitrogens with two attached hydrogens (primary N) is 1. The highest BCUT2D eigenvalue weighted by Gasteiger charge is 2.60. The van der Waals surface area contributed by atoms with Gasteiger partial charge in [-0.1, -0.05) is 40.0 Å². The molecule has 1 unspecified atom stereocenters. The van der Waals surface area contributed by atoms with Crippen LogP contribution in [0.4, 0.5) is 5.82 Å². The van der Waals surface area contributed by atoms with Gasteiger partial charge in [-0.15, -0.1) is 0 Å². The van der Waals surface area contributed by atoms with Gasteiger partial charge in [-0.3, -0.25) is 9.59 Å². The number of amides is 1. The molecule has 4 rings (SSSR count). The minimum absolute atomic E-state index is 0.143. The molecule has 222 valence electrons. The van der Waals surface area contributed by atoms with E-state index in [4.69, 9.17) is 19.9 Å². The van der Waals surface area contributed by atoms with Gasteiger partial charge in [0.05, 0.1) is 5.69 Å². The lowest BCUT2D eigenvalue weighted by atomic mass is 9.86. The maximum atomic E-state index is 13.1. The summed E-state index contributed by atoms with van der Waals surface area (Å²) in [5.74, 6) is -1.35. The number of nitriles is 1. The van der Waals surface area contributed by atoms with Crippen LogP contribution in [0.25, 0.3) is 5.52 Å². The minimum Gasteiger partial charge on any atom is -0.461 e. The molecule has 5 atom stereocenters. The lowest BCUT2D eigenvalue weighted by Crippen LogP contribution is -2.50. The molecule has 0 radical (unpaired) electrons. The van der Waals surface area contributed by atoms with Gasteiger partial charge in [0.2, 0.25) is 11.5 Å². The van der Waals surface area contributed by atoms with E-state index in [9.17, 15) is 24.8 Å². The number of rotatable bonds is 8. The summed E-state index contributed by atoms with van der Waals surface area (Å²) in [4.78, 5) is 41.8. The van der Waals surface area contributed by atoms with E-state index in [0.717, 1.165) is 32.1 Å². The molecular weight excluding hydrogens is 532 g/mol. The van der Waals surface area contributed by atoms with Crippen molar-refractivity contribution >= 4 is 29.2 Å². The highest BCUT2D eigenvalue weighted by atomic mass is 16.6. The fraction of sp³-hybridized carbons (Fsp3) is 0.643. The van der Waals surface area contributed by atoms with E-state index in [-0.39, 0.29) is 23.9 Å². The highest BCUT2D eigenvalue weighted by molar-refractivity contribution is 5.84. The van der Waals surface area contributed by atoms with E-state index in [1.165, 1.54) is 23.8 Å². The van der Waals surface area contributed by atoms with Crippen molar-refractivity contribution < 1.29 is 33.7 Å². The van der Waals surface area contributed by atoms with Crippen LogP contribution in [0.1, 0.15) is 71.9 Å². The number of esters is 2. The van der Waals surface area contributed by atoms with Gasteiger partial charge in [0, 0.05) is 13.3 Å². The summed E-state index contributed by atoms with van der Waals surface area (Å²) in [5, 5.41) is 28.7. The molecule has 2 aromatic rings. The Morgan fingerprint density at radius 1 is 1.29 bits per heavy atom. The molecule has 13 nitrogen and oxygen atoms in total. The van der Waals surface area contributed by atoms with E-state index in [1.807, 2.05) is 6.07 Å². The Bertz CT molecular complexity index is 1330. The maximum Gasteiger partial charge on any atom is 0.329 e. The molecule has 1 saturated carbocycles. The van der Waals surface area contributed by atoms with Crippen molar-refractivity contribution in [3.63, 3.8) is 0 Å². The Morgan fingerprint density at radius 2 is 2.00 bits per heavy atom. The summed E-state index contributed by atoms with van der Waals surface area (Å²) in [6.45, 7) is 6.16. The number of nitrogens with zero attached hydrogens (tertiary/aromatic N) is 4. The molecule has 0 aromatic carbocycles. The van der Waals surface area contributed by atoms with Gasteiger partial charge in [-0.25, -0.2) is 14.3 Å². The fourth-order valence-corrected chi connectivity index (χ4v) is 5.58. The Hall–Kier alpha value is -3.76. The Morgan fingerprint density at radius 3 is 2.63 bits per heavy atom. The zero-order valence-electron chi connectivity index (χ0n) is 23.8. The van der Waals surface area contributed by atoms with Crippen molar-refractivity contribution in [1.82, 2.24) is 19.9 Å². The SMILES string of the molecule is CC(=O)NC(C(=O)OC[C@H]1O[C@@](C#N)(c2ccc3c(N)ncnn23)[C@H](O)[C@@H]1OC(=O)CC1CCCCC1)C(C)(C)C. The predicted octanol–water partition coefficient (Wildman–Crippen LogP) is 1.77.